The molecule has 0 saturated carbocycles. The van der Waals surface area contributed by atoms with Crippen LogP contribution in [0, 0.1) is 0 Å². The standard InChI is InChI=1S/C47H33N2OP/c50-51(38-24-12-4-13-25-38,39-26-14-5-15-27-39)40-32-30-35(31-33-40)43-41-28-16-17-29-42(41)47-44(34-18-6-1-7-19-34)45(36-20-8-2-9-21-36)48-49(47)46(43)37-22-10-3-11-23-37/h1-33H. The van der Waals surface area contributed by atoms with Gasteiger partial charge in [-0.2, -0.15) is 5.10 Å². The molecule has 9 aromatic rings. The maximum absolute atomic E-state index is 15.2. The molecule has 242 valence electrons. The topological polar surface area (TPSA) is 34.4 Å². The van der Waals surface area contributed by atoms with Gasteiger partial charge in [0.1, 0.15) is 5.69 Å². The maximum Gasteiger partial charge on any atom is 0.171 e. The van der Waals surface area contributed by atoms with Gasteiger partial charge >= 0.3 is 0 Å². The average molecular weight is 673 g/mol. The van der Waals surface area contributed by atoms with Crippen LogP contribution in [0.3, 0.4) is 0 Å². The molecule has 7 aromatic carbocycles. The molecule has 0 spiro atoms. The van der Waals surface area contributed by atoms with E-state index in [2.05, 4.69) is 138 Å². The Morgan fingerprint density at radius 3 is 1.33 bits per heavy atom. The average Bonchev–Trinajstić information content (AvgIpc) is 3.62. The lowest BCUT2D eigenvalue weighted by Crippen LogP contribution is -2.24. The van der Waals surface area contributed by atoms with Crippen molar-refractivity contribution >= 4 is 39.3 Å². The molecule has 0 bridgehead atoms. The van der Waals surface area contributed by atoms with Crippen molar-refractivity contribution in [2.75, 3.05) is 0 Å². The van der Waals surface area contributed by atoms with Gasteiger partial charge in [-0.25, -0.2) is 4.52 Å². The summed E-state index contributed by atoms with van der Waals surface area (Å²) in [6.45, 7) is 0. The van der Waals surface area contributed by atoms with Crippen LogP contribution in [-0.2, 0) is 4.57 Å². The van der Waals surface area contributed by atoms with Gasteiger partial charge in [0.15, 0.2) is 7.14 Å². The molecular formula is C47H33N2OP. The second-order valence-corrected chi connectivity index (χ2v) is 15.4. The highest BCUT2D eigenvalue weighted by atomic mass is 31.2. The van der Waals surface area contributed by atoms with Gasteiger partial charge in [0.05, 0.1) is 11.2 Å². The Hall–Kier alpha value is -6.28. The number of aromatic nitrogens is 2. The zero-order valence-electron chi connectivity index (χ0n) is 27.8. The molecule has 9 rings (SSSR count). The smallest absolute Gasteiger partial charge is 0.171 e. The van der Waals surface area contributed by atoms with Crippen molar-refractivity contribution < 1.29 is 4.57 Å². The van der Waals surface area contributed by atoms with Crippen molar-refractivity contribution in [3.05, 3.63) is 200 Å². The van der Waals surface area contributed by atoms with Crippen LogP contribution in [0.4, 0.5) is 0 Å². The van der Waals surface area contributed by atoms with Crippen LogP contribution in [-0.4, -0.2) is 9.61 Å². The first-order valence-corrected chi connectivity index (χ1v) is 18.9. The third-order valence-corrected chi connectivity index (χ3v) is 12.8. The largest absolute Gasteiger partial charge is 0.309 e. The van der Waals surface area contributed by atoms with Gasteiger partial charge in [0.25, 0.3) is 0 Å². The Labute approximate surface area is 297 Å². The van der Waals surface area contributed by atoms with Crippen LogP contribution in [0.1, 0.15) is 0 Å². The van der Waals surface area contributed by atoms with E-state index in [0.717, 1.165) is 77.0 Å². The van der Waals surface area contributed by atoms with Gasteiger partial charge in [-0.1, -0.05) is 200 Å². The molecule has 2 aromatic heterocycles. The molecule has 2 heterocycles. The van der Waals surface area contributed by atoms with E-state index in [4.69, 9.17) is 5.10 Å². The Morgan fingerprint density at radius 1 is 0.373 bits per heavy atom. The summed E-state index contributed by atoms with van der Waals surface area (Å²) in [5, 5.41) is 10.2. The van der Waals surface area contributed by atoms with E-state index < -0.39 is 7.14 Å². The lowest BCUT2D eigenvalue weighted by Gasteiger charge is -2.21. The summed E-state index contributed by atoms with van der Waals surface area (Å²) in [6, 6.07) is 68.3. The molecule has 3 nitrogen and oxygen atoms in total. The summed E-state index contributed by atoms with van der Waals surface area (Å²) >= 11 is 0. The minimum Gasteiger partial charge on any atom is -0.309 e. The van der Waals surface area contributed by atoms with Crippen LogP contribution >= 0.6 is 7.14 Å². The number of hydrogen-bond acceptors (Lipinski definition) is 2. The van der Waals surface area contributed by atoms with E-state index in [0.29, 0.717) is 0 Å². The Kier molecular flexibility index (Phi) is 7.76. The molecule has 0 N–H and O–H groups in total. The second kappa shape index (κ2) is 12.9. The van der Waals surface area contributed by atoms with Crippen molar-refractivity contribution in [2.45, 2.75) is 0 Å². The number of rotatable bonds is 7. The predicted octanol–water partition coefficient (Wildman–Crippen LogP) is 10.8. The summed E-state index contributed by atoms with van der Waals surface area (Å²) in [5.74, 6) is 0. The van der Waals surface area contributed by atoms with E-state index >= 15 is 4.57 Å². The van der Waals surface area contributed by atoms with E-state index in [1.165, 1.54) is 0 Å². The van der Waals surface area contributed by atoms with E-state index in [1.54, 1.807) is 0 Å². The van der Waals surface area contributed by atoms with E-state index in [1.807, 2.05) is 66.7 Å². The minimum atomic E-state index is -3.13. The highest BCUT2D eigenvalue weighted by Gasteiger charge is 2.30. The molecule has 0 fully saturated rings. The van der Waals surface area contributed by atoms with E-state index in [-0.39, 0.29) is 0 Å². The van der Waals surface area contributed by atoms with Crippen molar-refractivity contribution in [2.24, 2.45) is 0 Å². The molecule has 0 amide bonds. The second-order valence-electron chi connectivity index (χ2n) is 12.7. The van der Waals surface area contributed by atoms with Gasteiger partial charge in [0, 0.05) is 43.6 Å². The predicted molar refractivity (Wildman–Crippen MR) is 214 cm³/mol. The molecule has 0 aliphatic rings. The number of fused-ring (bicyclic) bond motifs is 3. The number of benzene rings is 7. The van der Waals surface area contributed by atoms with Crippen LogP contribution in [0.2, 0.25) is 0 Å². The lowest BCUT2D eigenvalue weighted by molar-refractivity contribution is 0.592. The van der Waals surface area contributed by atoms with Gasteiger partial charge < -0.3 is 4.57 Å². The van der Waals surface area contributed by atoms with Gasteiger partial charge in [-0.15, -0.1) is 0 Å². The highest BCUT2D eigenvalue weighted by molar-refractivity contribution is 7.85. The highest BCUT2D eigenvalue weighted by Crippen LogP contribution is 2.47. The Balaban J connectivity index is 1.36. The van der Waals surface area contributed by atoms with Crippen molar-refractivity contribution in [3.63, 3.8) is 0 Å². The van der Waals surface area contributed by atoms with Crippen molar-refractivity contribution in [1.29, 1.82) is 0 Å². The first kappa shape index (κ1) is 30.8. The fourth-order valence-corrected chi connectivity index (χ4v) is 10.0. The Bertz CT molecular complexity index is 2630. The zero-order chi connectivity index (χ0) is 34.2. The lowest BCUT2D eigenvalue weighted by atomic mass is 9.91. The summed E-state index contributed by atoms with van der Waals surface area (Å²) in [5.41, 5.74) is 9.45. The summed E-state index contributed by atoms with van der Waals surface area (Å²) in [7, 11) is -3.13. The van der Waals surface area contributed by atoms with E-state index in [9.17, 15) is 0 Å². The molecule has 0 aliphatic carbocycles. The molecule has 0 aliphatic heterocycles. The van der Waals surface area contributed by atoms with Crippen molar-refractivity contribution in [1.82, 2.24) is 9.61 Å². The number of nitrogens with zero attached hydrogens (tertiary/aromatic N) is 2. The fraction of sp³-hybridized carbons (Fsp3) is 0. The zero-order valence-corrected chi connectivity index (χ0v) is 28.7. The molecule has 4 heteroatoms. The molecule has 0 saturated heterocycles. The van der Waals surface area contributed by atoms with Crippen LogP contribution < -0.4 is 15.9 Å². The van der Waals surface area contributed by atoms with Gasteiger partial charge in [0.2, 0.25) is 0 Å². The SMILES string of the molecule is O=P(c1ccccc1)(c1ccccc1)c1ccc(-c2c(-c3ccccc3)n3nc(-c4ccccc4)c(-c4ccccc4)c3c3ccccc23)cc1. The number of hydrogen-bond donors (Lipinski definition) is 0. The third-order valence-electron chi connectivity index (χ3n) is 9.70. The number of pyridine rings is 1. The quantitative estimate of drug-likeness (QED) is 0.158. The van der Waals surface area contributed by atoms with Crippen LogP contribution in [0.15, 0.2) is 200 Å². The molecule has 0 atom stereocenters. The summed E-state index contributed by atoms with van der Waals surface area (Å²) in [4.78, 5) is 0. The molecule has 51 heavy (non-hydrogen) atoms. The molecule has 0 radical (unpaired) electrons. The minimum absolute atomic E-state index is 0.798. The fourth-order valence-electron chi connectivity index (χ4n) is 7.36. The molecular weight excluding hydrogens is 640 g/mol. The van der Waals surface area contributed by atoms with Crippen LogP contribution in [0.5, 0.6) is 0 Å². The van der Waals surface area contributed by atoms with Crippen LogP contribution in [0.25, 0.3) is 61.1 Å². The third kappa shape index (κ3) is 5.22. The monoisotopic (exact) mass is 672 g/mol. The van der Waals surface area contributed by atoms with Crippen molar-refractivity contribution in [3.8, 4) is 44.8 Å². The maximum atomic E-state index is 15.2. The van der Waals surface area contributed by atoms with Gasteiger partial charge in [-0.05, 0) is 16.5 Å². The first-order chi connectivity index (χ1) is 25.2. The molecule has 0 unspecified atom stereocenters. The summed E-state index contributed by atoms with van der Waals surface area (Å²) < 4.78 is 17.4. The normalized spacial score (nSPS) is 11.6. The summed E-state index contributed by atoms with van der Waals surface area (Å²) in [6.07, 6.45) is 0. The van der Waals surface area contributed by atoms with Gasteiger partial charge in [-0.3, -0.25) is 0 Å². The first-order valence-electron chi connectivity index (χ1n) is 17.2. The Morgan fingerprint density at radius 2 is 0.784 bits per heavy atom.